The third kappa shape index (κ3) is 2.65. The average Bonchev–Trinajstić information content (AvgIpc) is 2.30. The smallest absolute Gasteiger partial charge is 0.313 e. The topological polar surface area (TPSA) is 85.3 Å². The second-order valence-corrected chi connectivity index (χ2v) is 4.51. The van der Waals surface area contributed by atoms with Gasteiger partial charge in [0.05, 0.1) is 9.95 Å². The molecule has 1 aliphatic heterocycles. The number of piperidine rings is 1. The Morgan fingerprint density at radius 1 is 1.53 bits per heavy atom. The Morgan fingerprint density at radius 2 is 2.18 bits per heavy atom. The van der Waals surface area contributed by atoms with Crippen LogP contribution < -0.4 is 10.6 Å². The number of rotatable bonds is 2. The highest BCUT2D eigenvalue weighted by molar-refractivity contribution is 6.30. The van der Waals surface area contributed by atoms with Gasteiger partial charge >= 0.3 is 5.69 Å². The molecule has 0 spiro atoms. The van der Waals surface area contributed by atoms with Gasteiger partial charge in [0.15, 0.2) is 0 Å². The Labute approximate surface area is 104 Å². The number of hydrogen-bond acceptors (Lipinski definition) is 5. The maximum absolute atomic E-state index is 10.9. The predicted octanol–water partition coefficient (Wildman–Crippen LogP) is 1.57. The van der Waals surface area contributed by atoms with Gasteiger partial charge in [0.1, 0.15) is 0 Å². The fourth-order valence-electron chi connectivity index (χ4n) is 1.91. The molecular weight excluding hydrogens is 244 g/mol. The highest BCUT2D eigenvalue weighted by Crippen LogP contribution is 2.29. The summed E-state index contributed by atoms with van der Waals surface area (Å²) in [5.41, 5.74) is 5.75. The van der Waals surface area contributed by atoms with Crippen LogP contribution in [0, 0.1) is 10.1 Å². The van der Waals surface area contributed by atoms with Crippen LogP contribution in [0.5, 0.6) is 0 Å². The van der Waals surface area contributed by atoms with E-state index in [1.807, 2.05) is 4.90 Å². The lowest BCUT2D eigenvalue weighted by atomic mass is 10.1. The quantitative estimate of drug-likeness (QED) is 0.641. The number of aromatic nitrogens is 1. The fraction of sp³-hybridized carbons (Fsp3) is 0.500. The lowest BCUT2D eigenvalue weighted by Gasteiger charge is -2.30. The summed E-state index contributed by atoms with van der Waals surface area (Å²) in [4.78, 5) is 16.4. The van der Waals surface area contributed by atoms with Crippen molar-refractivity contribution < 1.29 is 4.92 Å². The molecule has 0 amide bonds. The summed E-state index contributed by atoms with van der Waals surface area (Å²) in [5.74, 6) is 0.381. The van der Waals surface area contributed by atoms with Gasteiger partial charge in [0.2, 0.25) is 5.82 Å². The molecular formula is C10H13ClN4O2. The lowest BCUT2D eigenvalue weighted by Crippen LogP contribution is -2.40. The molecule has 0 aliphatic carbocycles. The summed E-state index contributed by atoms with van der Waals surface area (Å²) < 4.78 is 0. The number of pyridine rings is 1. The first kappa shape index (κ1) is 12.1. The summed E-state index contributed by atoms with van der Waals surface area (Å²) in [5, 5.41) is 11.2. The third-order valence-corrected chi connectivity index (χ3v) is 3.06. The maximum Gasteiger partial charge on any atom is 0.313 e. The third-order valence-electron chi connectivity index (χ3n) is 2.85. The van der Waals surface area contributed by atoms with E-state index in [-0.39, 0.29) is 16.8 Å². The summed E-state index contributed by atoms with van der Waals surface area (Å²) in [6.45, 7) is 1.38. The van der Waals surface area contributed by atoms with Gasteiger partial charge in [-0.3, -0.25) is 10.1 Å². The summed E-state index contributed by atoms with van der Waals surface area (Å²) in [7, 11) is 0. The molecule has 2 heterocycles. The zero-order chi connectivity index (χ0) is 12.4. The summed E-state index contributed by atoms with van der Waals surface area (Å²) >= 11 is 5.72. The van der Waals surface area contributed by atoms with E-state index in [0.29, 0.717) is 18.9 Å². The van der Waals surface area contributed by atoms with Gasteiger partial charge in [-0.1, -0.05) is 11.6 Å². The molecule has 6 nitrogen and oxygen atoms in total. The van der Waals surface area contributed by atoms with E-state index in [9.17, 15) is 10.1 Å². The van der Waals surface area contributed by atoms with Crippen LogP contribution in [-0.2, 0) is 0 Å². The van der Waals surface area contributed by atoms with Gasteiger partial charge in [-0.15, -0.1) is 0 Å². The second kappa shape index (κ2) is 4.85. The molecule has 7 heteroatoms. The first-order valence-electron chi connectivity index (χ1n) is 5.38. The van der Waals surface area contributed by atoms with E-state index in [0.717, 1.165) is 12.8 Å². The first-order chi connectivity index (χ1) is 8.08. The van der Waals surface area contributed by atoms with Crippen molar-refractivity contribution in [3.05, 3.63) is 27.4 Å². The van der Waals surface area contributed by atoms with Crippen LogP contribution in [0.15, 0.2) is 12.3 Å². The first-order valence-corrected chi connectivity index (χ1v) is 5.76. The summed E-state index contributed by atoms with van der Waals surface area (Å²) in [6.07, 6.45) is 3.07. The molecule has 1 aromatic heterocycles. The van der Waals surface area contributed by atoms with Crippen molar-refractivity contribution in [3.63, 3.8) is 0 Å². The van der Waals surface area contributed by atoms with Crippen molar-refractivity contribution in [1.82, 2.24) is 4.98 Å². The molecule has 0 unspecified atom stereocenters. The highest BCUT2D eigenvalue weighted by atomic mass is 35.5. The minimum absolute atomic E-state index is 0.0482. The van der Waals surface area contributed by atoms with E-state index in [1.165, 1.54) is 12.3 Å². The number of nitrogens with two attached hydrogens (primary N) is 1. The van der Waals surface area contributed by atoms with Crippen LogP contribution in [0.2, 0.25) is 5.02 Å². The Hall–Kier alpha value is -1.40. The molecule has 2 rings (SSSR count). The van der Waals surface area contributed by atoms with Crippen molar-refractivity contribution in [2.45, 2.75) is 18.9 Å². The van der Waals surface area contributed by atoms with Crippen molar-refractivity contribution in [2.24, 2.45) is 5.73 Å². The number of anilines is 1. The second-order valence-electron chi connectivity index (χ2n) is 4.08. The molecule has 1 aromatic rings. The monoisotopic (exact) mass is 256 g/mol. The van der Waals surface area contributed by atoms with Gasteiger partial charge in [-0.05, 0) is 12.8 Å². The highest BCUT2D eigenvalue weighted by Gasteiger charge is 2.24. The van der Waals surface area contributed by atoms with Crippen LogP contribution in [0.1, 0.15) is 12.8 Å². The molecule has 0 atom stereocenters. The molecule has 92 valence electrons. The van der Waals surface area contributed by atoms with Gasteiger partial charge in [0, 0.05) is 31.4 Å². The molecule has 1 saturated heterocycles. The molecule has 17 heavy (non-hydrogen) atoms. The van der Waals surface area contributed by atoms with Crippen LogP contribution >= 0.6 is 11.6 Å². The van der Waals surface area contributed by atoms with E-state index in [1.54, 1.807) is 0 Å². The van der Waals surface area contributed by atoms with Crippen LogP contribution in [0.3, 0.4) is 0 Å². The molecule has 0 bridgehead atoms. The molecule has 1 fully saturated rings. The Morgan fingerprint density at radius 3 is 2.76 bits per heavy atom. The van der Waals surface area contributed by atoms with Crippen molar-refractivity contribution >= 4 is 23.1 Å². The van der Waals surface area contributed by atoms with Gasteiger partial charge in [0.25, 0.3) is 0 Å². The lowest BCUT2D eigenvalue weighted by molar-refractivity contribution is -0.384. The predicted molar refractivity (Wildman–Crippen MR) is 65.3 cm³/mol. The van der Waals surface area contributed by atoms with Crippen LogP contribution in [0.4, 0.5) is 11.5 Å². The number of nitro groups is 1. The van der Waals surface area contributed by atoms with E-state index in [2.05, 4.69) is 4.98 Å². The van der Waals surface area contributed by atoms with Crippen LogP contribution in [0.25, 0.3) is 0 Å². The molecule has 0 radical (unpaired) electrons. The van der Waals surface area contributed by atoms with Gasteiger partial charge < -0.3 is 10.6 Å². The fourth-order valence-corrected chi connectivity index (χ4v) is 2.06. The average molecular weight is 257 g/mol. The Bertz CT molecular complexity index is 432. The molecule has 0 aromatic carbocycles. The minimum atomic E-state index is -0.456. The number of hydrogen-bond donors (Lipinski definition) is 1. The molecule has 2 N–H and O–H groups in total. The van der Waals surface area contributed by atoms with Crippen molar-refractivity contribution in [3.8, 4) is 0 Å². The number of nitrogens with zero attached hydrogens (tertiary/aromatic N) is 3. The van der Waals surface area contributed by atoms with Gasteiger partial charge in [-0.2, -0.15) is 0 Å². The Kier molecular flexibility index (Phi) is 3.44. The number of halogens is 1. The standard InChI is InChI=1S/C10H13ClN4O2/c11-7-5-9(15(16)17)10(13-6-7)14-3-1-8(12)2-4-14/h5-6,8H,1-4,12H2. The maximum atomic E-state index is 10.9. The zero-order valence-electron chi connectivity index (χ0n) is 9.17. The SMILES string of the molecule is NC1CCN(c2ncc(Cl)cc2[N+](=O)[O-])CC1. The normalized spacial score (nSPS) is 17.2. The van der Waals surface area contributed by atoms with Crippen molar-refractivity contribution in [1.29, 1.82) is 0 Å². The van der Waals surface area contributed by atoms with E-state index >= 15 is 0 Å². The van der Waals surface area contributed by atoms with Crippen molar-refractivity contribution in [2.75, 3.05) is 18.0 Å². The molecule has 1 aliphatic rings. The van der Waals surface area contributed by atoms with Crippen LogP contribution in [-0.4, -0.2) is 29.0 Å². The van der Waals surface area contributed by atoms with E-state index in [4.69, 9.17) is 17.3 Å². The Balaban J connectivity index is 2.28. The largest absolute Gasteiger partial charge is 0.351 e. The van der Waals surface area contributed by atoms with Gasteiger partial charge in [-0.25, -0.2) is 4.98 Å². The zero-order valence-corrected chi connectivity index (χ0v) is 9.93. The minimum Gasteiger partial charge on any atom is -0.351 e. The van der Waals surface area contributed by atoms with E-state index < -0.39 is 4.92 Å². The molecule has 0 saturated carbocycles. The summed E-state index contributed by atoms with van der Waals surface area (Å²) in [6, 6.07) is 1.51.